The third kappa shape index (κ3) is 15.3. The van der Waals surface area contributed by atoms with Crippen LogP contribution in [-0.2, 0) is 0 Å². The van der Waals surface area contributed by atoms with Crippen LogP contribution in [-0.4, -0.2) is 24.5 Å². The van der Waals surface area contributed by atoms with Gasteiger partial charge in [0.2, 0.25) is 0 Å². The smallest absolute Gasteiger partial charge is 0.00187 e. The van der Waals surface area contributed by atoms with Crippen LogP contribution in [0.5, 0.6) is 0 Å². The predicted molar refractivity (Wildman–Crippen MR) is 122 cm³/mol. The van der Waals surface area contributed by atoms with Crippen LogP contribution in [0.25, 0.3) is 0 Å². The molecule has 0 amide bonds. The van der Waals surface area contributed by atoms with Gasteiger partial charge in [0, 0.05) is 0 Å². The van der Waals surface area contributed by atoms with Crippen molar-refractivity contribution in [3.05, 3.63) is 0 Å². The van der Waals surface area contributed by atoms with Gasteiger partial charge in [-0.05, 0) is 44.8 Å². The van der Waals surface area contributed by atoms with Gasteiger partial charge in [-0.1, -0.05) is 110 Å². The summed E-state index contributed by atoms with van der Waals surface area (Å²) in [4.78, 5) is 2.66. The second kappa shape index (κ2) is 20.0. The van der Waals surface area contributed by atoms with Crippen LogP contribution in [0.3, 0.4) is 0 Å². The molecule has 0 atom stereocenters. The maximum atomic E-state index is 2.66. The molecule has 0 unspecified atom stereocenters. The molecule has 1 fully saturated rings. The number of halogens is 1. The summed E-state index contributed by atoms with van der Waals surface area (Å²) in [7, 11) is 0. The Kier molecular flexibility index (Phi) is 20.2. The SMILES string of the molecule is CCCN(CCC)CCCCCCCCCCCCC1CCCCC1.Cl. The van der Waals surface area contributed by atoms with E-state index in [-0.39, 0.29) is 12.4 Å². The highest BCUT2D eigenvalue weighted by atomic mass is 35.5. The van der Waals surface area contributed by atoms with E-state index in [4.69, 9.17) is 0 Å². The molecule has 158 valence electrons. The third-order valence-electron chi connectivity index (χ3n) is 6.14. The van der Waals surface area contributed by atoms with Crippen LogP contribution in [0.4, 0.5) is 0 Å². The second-order valence-corrected chi connectivity index (χ2v) is 8.67. The molecular formula is C24H50ClN. The average molecular weight is 388 g/mol. The number of hydrogen-bond acceptors (Lipinski definition) is 1. The normalized spacial score (nSPS) is 15.3. The van der Waals surface area contributed by atoms with Crippen LogP contribution in [0, 0.1) is 5.92 Å². The summed E-state index contributed by atoms with van der Waals surface area (Å²) in [6.45, 7) is 8.54. The second-order valence-electron chi connectivity index (χ2n) is 8.67. The first-order chi connectivity index (χ1) is 12.4. The quantitative estimate of drug-likeness (QED) is 0.226. The lowest BCUT2D eigenvalue weighted by molar-refractivity contribution is 0.267. The van der Waals surface area contributed by atoms with Crippen LogP contribution in [0.2, 0.25) is 0 Å². The fourth-order valence-electron chi connectivity index (χ4n) is 4.63. The molecule has 1 aliphatic carbocycles. The molecule has 1 saturated carbocycles. The fourth-order valence-corrected chi connectivity index (χ4v) is 4.63. The van der Waals surface area contributed by atoms with Crippen molar-refractivity contribution in [2.24, 2.45) is 5.92 Å². The summed E-state index contributed by atoms with van der Waals surface area (Å²) < 4.78 is 0. The van der Waals surface area contributed by atoms with Gasteiger partial charge in [0.25, 0.3) is 0 Å². The molecule has 0 heterocycles. The van der Waals surface area contributed by atoms with Gasteiger partial charge in [0.1, 0.15) is 0 Å². The molecule has 0 spiro atoms. The Balaban J connectivity index is 0.00000625. The first-order valence-corrected chi connectivity index (χ1v) is 12.1. The Morgan fingerprint density at radius 2 is 1.04 bits per heavy atom. The molecule has 2 heteroatoms. The van der Waals surface area contributed by atoms with Crippen LogP contribution >= 0.6 is 12.4 Å². The molecule has 0 aromatic carbocycles. The van der Waals surface area contributed by atoms with Crippen molar-refractivity contribution in [3.63, 3.8) is 0 Å². The van der Waals surface area contributed by atoms with E-state index in [2.05, 4.69) is 18.7 Å². The van der Waals surface area contributed by atoms with E-state index < -0.39 is 0 Å². The zero-order valence-corrected chi connectivity index (χ0v) is 19.1. The lowest BCUT2D eigenvalue weighted by atomic mass is 9.85. The molecule has 0 aliphatic heterocycles. The summed E-state index contributed by atoms with van der Waals surface area (Å²) in [6, 6.07) is 0. The highest BCUT2D eigenvalue weighted by Crippen LogP contribution is 2.28. The van der Waals surface area contributed by atoms with E-state index >= 15 is 0 Å². The summed E-state index contributed by atoms with van der Waals surface area (Å²) in [5, 5.41) is 0. The van der Waals surface area contributed by atoms with E-state index in [1.807, 2.05) is 0 Å². The molecular weight excluding hydrogens is 338 g/mol. The topological polar surface area (TPSA) is 3.24 Å². The molecule has 26 heavy (non-hydrogen) atoms. The minimum atomic E-state index is 0. The van der Waals surface area contributed by atoms with Gasteiger partial charge in [-0.25, -0.2) is 0 Å². The molecule has 1 aliphatic rings. The van der Waals surface area contributed by atoms with E-state index in [9.17, 15) is 0 Å². The summed E-state index contributed by atoms with van der Waals surface area (Å²) in [5.74, 6) is 1.10. The Morgan fingerprint density at radius 1 is 0.577 bits per heavy atom. The standard InChI is InChI=1S/C24H49N.ClH/c1-3-21-25(22-4-2)23-17-12-10-8-6-5-7-9-11-14-18-24-19-15-13-16-20-24;/h24H,3-23H2,1-2H3;1H. The van der Waals surface area contributed by atoms with Crippen molar-refractivity contribution in [2.45, 2.75) is 129 Å². The predicted octanol–water partition coefficient (Wildman–Crippen LogP) is 8.40. The molecule has 0 aromatic rings. The van der Waals surface area contributed by atoms with Crippen molar-refractivity contribution < 1.29 is 0 Å². The maximum Gasteiger partial charge on any atom is -0.00187 e. The van der Waals surface area contributed by atoms with Crippen LogP contribution in [0.15, 0.2) is 0 Å². The molecule has 0 bridgehead atoms. The van der Waals surface area contributed by atoms with Gasteiger partial charge in [-0.15, -0.1) is 12.4 Å². The van der Waals surface area contributed by atoms with Gasteiger partial charge in [0.15, 0.2) is 0 Å². The number of nitrogens with zero attached hydrogens (tertiary/aromatic N) is 1. The zero-order valence-electron chi connectivity index (χ0n) is 18.3. The van der Waals surface area contributed by atoms with Gasteiger partial charge in [-0.3, -0.25) is 0 Å². The Labute approximate surface area is 172 Å². The van der Waals surface area contributed by atoms with E-state index in [1.165, 1.54) is 135 Å². The summed E-state index contributed by atoms with van der Waals surface area (Å²) >= 11 is 0. The molecule has 1 rings (SSSR count). The highest BCUT2D eigenvalue weighted by Gasteiger charge is 2.12. The van der Waals surface area contributed by atoms with Crippen molar-refractivity contribution in [2.75, 3.05) is 19.6 Å². The number of hydrogen-bond donors (Lipinski definition) is 0. The Morgan fingerprint density at radius 3 is 1.54 bits per heavy atom. The highest BCUT2D eigenvalue weighted by molar-refractivity contribution is 5.85. The van der Waals surface area contributed by atoms with E-state index in [0.29, 0.717) is 0 Å². The zero-order chi connectivity index (χ0) is 18.0. The van der Waals surface area contributed by atoms with E-state index in [0.717, 1.165) is 5.92 Å². The average Bonchev–Trinajstić information content (AvgIpc) is 2.64. The van der Waals surface area contributed by atoms with Gasteiger partial charge in [0.05, 0.1) is 0 Å². The van der Waals surface area contributed by atoms with Gasteiger partial charge >= 0.3 is 0 Å². The van der Waals surface area contributed by atoms with Crippen molar-refractivity contribution >= 4 is 12.4 Å². The first-order valence-electron chi connectivity index (χ1n) is 12.1. The number of rotatable bonds is 17. The van der Waals surface area contributed by atoms with Crippen molar-refractivity contribution in [3.8, 4) is 0 Å². The summed E-state index contributed by atoms with van der Waals surface area (Å²) in [5.41, 5.74) is 0. The number of unbranched alkanes of at least 4 members (excludes halogenated alkanes) is 9. The van der Waals surface area contributed by atoms with Crippen molar-refractivity contribution in [1.82, 2.24) is 4.90 Å². The van der Waals surface area contributed by atoms with Crippen LogP contribution in [0.1, 0.15) is 129 Å². The summed E-state index contributed by atoms with van der Waals surface area (Å²) in [6.07, 6.45) is 26.5. The van der Waals surface area contributed by atoms with E-state index in [1.54, 1.807) is 0 Å². The monoisotopic (exact) mass is 387 g/mol. The fraction of sp³-hybridized carbons (Fsp3) is 1.00. The minimum Gasteiger partial charge on any atom is -0.303 e. The largest absolute Gasteiger partial charge is 0.303 e. The Hall–Kier alpha value is 0.250. The molecule has 0 radical (unpaired) electrons. The van der Waals surface area contributed by atoms with Crippen molar-refractivity contribution in [1.29, 1.82) is 0 Å². The Bertz CT molecular complexity index is 257. The lowest BCUT2D eigenvalue weighted by Gasteiger charge is -2.21. The third-order valence-corrected chi connectivity index (χ3v) is 6.14. The molecule has 0 saturated heterocycles. The lowest BCUT2D eigenvalue weighted by Crippen LogP contribution is -2.26. The maximum absolute atomic E-state index is 2.66. The first kappa shape index (κ1) is 26.2. The van der Waals surface area contributed by atoms with Gasteiger partial charge in [-0.2, -0.15) is 0 Å². The van der Waals surface area contributed by atoms with Gasteiger partial charge < -0.3 is 4.90 Å². The van der Waals surface area contributed by atoms with Crippen LogP contribution < -0.4 is 0 Å². The molecule has 0 N–H and O–H groups in total. The minimum absolute atomic E-state index is 0. The molecule has 1 nitrogen and oxygen atoms in total. The molecule has 0 aromatic heterocycles.